The van der Waals surface area contributed by atoms with Crippen molar-refractivity contribution in [3.05, 3.63) is 33.9 Å². The van der Waals surface area contributed by atoms with Crippen molar-refractivity contribution in [2.24, 2.45) is 11.7 Å². The Morgan fingerprint density at radius 3 is 2.63 bits per heavy atom. The Morgan fingerprint density at radius 2 is 2.21 bits per heavy atom. The molecule has 0 aliphatic heterocycles. The van der Waals surface area contributed by atoms with E-state index in [-0.39, 0.29) is 22.7 Å². The fourth-order valence-electron chi connectivity index (χ4n) is 1.62. The van der Waals surface area contributed by atoms with Crippen LogP contribution in [0.15, 0.2) is 18.2 Å². The fraction of sp³-hybridized carbons (Fsp3) is 0.462. The molecule has 0 aromatic heterocycles. The van der Waals surface area contributed by atoms with Gasteiger partial charge in [0.1, 0.15) is 11.6 Å². The molecule has 0 spiro atoms. The van der Waals surface area contributed by atoms with Crippen LogP contribution in [0.3, 0.4) is 0 Å². The largest absolute Gasteiger partial charge is 0.378 e. The lowest BCUT2D eigenvalue weighted by atomic mass is 9.88. The molecule has 1 aromatic carbocycles. The van der Waals surface area contributed by atoms with Gasteiger partial charge < -0.3 is 11.1 Å². The molecule has 19 heavy (non-hydrogen) atoms. The van der Waals surface area contributed by atoms with E-state index in [9.17, 15) is 10.1 Å². The normalized spacial score (nSPS) is 13.7. The molecule has 0 aliphatic rings. The molecule has 6 heteroatoms. The molecule has 0 heterocycles. The zero-order chi connectivity index (χ0) is 14.6. The first-order chi connectivity index (χ1) is 8.84. The number of nitrogens with two attached hydrogens (primary N) is 1. The van der Waals surface area contributed by atoms with Crippen LogP contribution in [-0.2, 0) is 0 Å². The number of nitrogens with zero attached hydrogens (tertiary/aromatic N) is 2. The highest BCUT2D eigenvalue weighted by Crippen LogP contribution is 2.26. The van der Waals surface area contributed by atoms with Crippen LogP contribution in [-0.4, -0.2) is 17.0 Å². The average molecular weight is 262 g/mol. The van der Waals surface area contributed by atoms with Crippen molar-refractivity contribution in [1.29, 1.82) is 5.26 Å². The van der Waals surface area contributed by atoms with Gasteiger partial charge in [0, 0.05) is 23.8 Å². The summed E-state index contributed by atoms with van der Waals surface area (Å²) in [4.78, 5) is 10.2. The molecule has 6 nitrogen and oxygen atoms in total. The van der Waals surface area contributed by atoms with Crippen LogP contribution in [0.25, 0.3) is 0 Å². The standard InChI is InChI=1S/C13H18N4O2/c1-9(2)13(3,8-15)16-11-4-5-12(17(18)19)10(6-11)7-14/h4-6,9,16H,8,15H2,1-3H3. The highest BCUT2D eigenvalue weighted by molar-refractivity contribution is 5.59. The van der Waals surface area contributed by atoms with Gasteiger partial charge in [-0.25, -0.2) is 0 Å². The highest BCUT2D eigenvalue weighted by Gasteiger charge is 2.27. The van der Waals surface area contributed by atoms with Gasteiger partial charge in [0.15, 0.2) is 0 Å². The highest BCUT2D eigenvalue weighted by atomic mass is 16.6. The van der Waals surface area contributed by atoms with Gasteiger partial charge in [0.25, 0.3) is 5.69 Å². The summed E-state index contributed by atoms with van der Waals surface area (Å²) in [7, 11) is 0. The molecular weight excluding hydrogens is 244 g/mol. The van der Waals surface area contributed by atoms with Crippen molar-refractivity contribution in [2.75, 3.05) is 11.9 Å². The molecule has 0 saturated heterocycles. The summed E-state index contributed by atoms with van der Waals surface area (Å²) in [6.07, 6.45) is 0. The van der Waals surface area contributed by atoms with Gasteiger partial charge in [-0.1, -0.05) is 13.8 Å². The van der Waals surface area contributed by atoms with Crippen LogP contribution in [0.2, 0.25) is 0 Å². The summed E-state index contributed by atoms with van der Waals surface area (Å²) in [6.45, 7) is 6.47. The molecule has 1 rings (SSSR count). The Balaban J connectivity index is 3.11. The van der Waals surface area contributed by atoms with E-state index in [1.807, 2.05) is 26.8 Å². The van der Waals surface area contributed by atoms with Crippen LogP contribution < -0.4 is 11.1 Å². The summed E-state index contributed by atoms with van der Waals surface area (Å²) < 4.78 is 0. The number of benzene rings is 1. The molecule has 1 unspecified atom stereocenters. The molecule has 102 valence electrons. The number of nitro benzene ring substituents is 1. The summed E-state index contributed by atoms with van der Waals surface area (Å²) >= 11 is 0. The predicted octanol–water partition coefficient (Wildman–Crippen LogP) is 2.25. The molecule has 0 bridgehead atoms. The minimum atomic E-state index is -0.563. The first-order valence-corrected chi connectivity index (χ1v) is 6.01. The van der Waals surface area contributed by atoms with Gasteiger partial charge in [-0.05, 0) is 25.0 Å². The molecule has 0 saturated carbocycles. The lowest BCUT2D eigenvalue weighted by Gasteiger charge is -2.34. The molecule has 0 radical (unpaired) electrons. The third-order valence-corrected chi connectivity index (χ3v) is 3.44. The van der Waals surface area contributed by atoms with Crippen molar-refractivity contribution in [3.63, 3.8) is 0 Å². The summed E-state index contributed by atoms with van der Waals surface area (Å²) in [5.41, 5.74) is 5.95. The van der Waals surface area contributed by atoms with Gasteiger partial charge in [-0.3, -0.25) is 10.1 Å². The van der Waals surface area contributed by atoms with E-state index in [0.717, 1.165) is 0 Å². The summed E-state index contributed by atoms with van der Waals surface area (Å²) in [6, 6.07) is 6.24. The van der Waals surface area contributed by atoms with Gasteiger partial charge in [0.2, 0.25) is 0 Å². The first-order valence-electron chi connectivity index (χ1n) is 6.01. The third kappa shape index (κ3) is 3.20. The lowest BCUT2D eigenvalue weighted by Crippen LogP contribution is -2.47. The molecule has 0 amide bonds. The van der Waals surface area contributed by atoms with E-state index in [2.05, 4.69) is 5.32 Å². The van der Waals surface area contributed by atoms with Crippen LogP contribution >= 0.6 is 0 Å². The monoisotopic (exact) mass is 262 g/mol. The number of rotatable bonds is 5. The van der Waals surface area contributed by atoms with Gasteiger partial charge in [-0.15, -0.1) is 0 Å². The van der Waals surface area contributed by atoms with E-state index in [0.29, 0.717) is 12.2 Å². The number of nitrogens with one attached hydrogen (secondary N) is 1. The van der Waals surface area contributed by atoms with E-state index in [1.165, 1.54) is 12.1 Å². The second-order valence-corrected chi connectivity index (χ2v) is 5.00. The van der Waals surface area contributed by atoms with E-state index in [4.69, 9.17) is 11.0 Å². The smallest absolute Gasteiger partial charge is 0.287 e. The Bertz CT molecular complexity index is 522. The Hall–Kier alpha value is -2.13. The third-order valence-electron chi connectivity index (χ3n) is 3.44. The van der Waals surface area contributed by atoms with Crippen molar-refractivity contribution < 1.29 is 4.92 Å². The van der Waals surface area contributed by atoms with Crippen molar-refractivity contribution in [3.8, 4) is 6.07 Å². The van der Waals surface area contributed by atoms with Gasteiger partial charge in [0.05, 0.1) is 4.92 Å². The average Bonchev–Trinajstić information content (AvgIpc) is 2.37. The molecule has 1 atom stereocenters. The van der Waals surface area contributed by atoms with E-state index < -0.39 is 4.92 Å². The maximum absolute atomic E-state index is 10.8. The number of nitriles is 1. The topological polar surface area (TPSA) is 105 Å². The van der Waals surface area contributed by atoms with E-state index >= 15 is 0 Å². The van der Waals surface area contributed by atoms with Crippen LogP contribution in [0.5, 0.6) is 0 Å². The molecule has 1 aromatic rings. The fourth-order valence-corrected chi connectivity index (χ4v) is 1.62. The van der Waals surface area contributed by atoms with Crippen LogP contribution in [0.1, 0.15) is 26.3 Å². The second kappa shape index (κ2) is 5.67. The van der Waals surface area contributed by atoms with Gasteiger partial charge in [-0.2, -0.15) is 5.26 Å². The number of nitro groups is 1. The van der Waals surface area contributed by atoms with Crippen molar-refractivity contribution >= 4 is 11.4 Å². The quantitative estimate of drug-likeness (QED) is 0.625. The van der Waals surface area contributed by atoms with Crippen molar-refractivity contribution in [1.82, 2.24) is 0 Å². The predicted molar refractivity (Wildman–Crippen MR) is 73.7 cm³/mol. The summed E-state index contributed by atoms with van der Waals surface area (Å²) in [5, 5.41) is 23.0. The zero-order valence-corrected chi connectivity index (χ0v) is 11.3. The maximum Gasteiger partial charge on any atom is 0.287 e. The minimum absolute atomic E-state index is 0.0399. The minimum Gasteiger partial charge on any atom is -0.378 e. The Morgan fingerprint density at radius 1 is 1.58 bits per heavy atom. The molecular formula is C13H18N4O2. The van der Waals surface area contributed by atoms with Crippen molar-refractivity contribution in [2.45, 2.75) is 26.3 Å². The Kier molecular flexibility index (Phi) is 4.46. The molecule has 0 aliphatic carbocycles. The lowest BCUT2D eigenvalue weighted by molar-refractivity contribution is -0.385. The number of hydrogen-bond acceptors (Lipinski definition) is 5. The maximum atomic E-state index is 10.8. The second-order valence-electron chi connectivity index (χ2n) is 5.00. The van der Waals surface area contributed by atoms with Crippen LogP contribution in [0, 0.1) is 27.4 Å². The number of anilines is 1. The van der Waals surface area contributed by atoms with Gasteiger partial charge >= 0.3 is 0 Å². The summed E-state index contributed by atoms with van der Waals surface area (Å²) in [5.74, 6) is 0.276. The zero-order valence-electron chi connectivity index (χ0n) is 11.3. The molecule has 3 N–H and O–H groups in total. The SMILES string of the molecule is CC(C)C(C)(CN)Nc1ccc([N+](=O)[O-])c(C#N)c1. The first kappa shape index (κ1) is 14.9. The van der Waals surface area contributed by atoms with Crippen LogP contribution in [0.4, 0.5) is 11.4 Å². The molecule has 0 fully saturated rings. The van der Waals surface area contributed by atoms with E-state index in [1.54, 1.807) is 6.07 Å². The number of hydrogen-bond donors (Lipinski definition) is 2. The Labute approximate surface area is 112 Å².